The summed E-state index contributed by atoms with van der Waals surface area (Å²) in [6, 6.07) is 14.9. The average Bonchev–Trinajstić information content (AvgIpc) is 2.63. The fraction of sp³-hybridized carbons (Fsp3) is 0.200. The highest BCUT2D eigenvalue weighted by molar-refractivity contribution is 6.03. The molecule has 0 spiro atoms. The minimum atomic E-state index is -0.592. The molecule has 0 aromatic heterocycles. The zero-order valence-corrected chi connectivity index (χ0v) is 14.1. The van der Waals surface area contributed by atoms with Crippen LogP contribution in [0.4, 0.5) is 0 Å². The Morgan fingerprint density at radius 1 is 1.08 bits per heavy atom. The summed E-state index contributed by atoms with van der Waals surface area (Å²) in [5, 5.41) is 12.0. The summed E-state index contributed by atoms with van der Waals surface area (Å²) >= 11 is 0. The quantitative estimate of drug-likeness (QED) is 0.460. The van der Waals surface area contributed by atoms with Crippen LogP contribution in [0.2, 0.25) is 0 Å². The molecule has 5 heteroatoms. The molecule has 0 radical (unpaired) electrons. The van der Waals surface area contributed by atoms with Crippen LogP contribution < -0.4 is 5.32 Å². The Morgan fingerprint density at radius 3 is 2.40 bits per heavy atom. The van der Waals surface area contributed by atoms with Crippen molar-refractivity contribution in [3.05, 3.63) is 71.4 Å². The van der Waals surface area contributed by atoms with Gasteiger partial charge in [0.1, 0.15) is 11.4 Å². The first-order valence-corrected chi connectivity index (χ1v) is 8.14. The summed E-state index contributed by atoms with van der Waals surface area (Å²) in [4.78, 5) is 24.6. The van der Waals surface area contributed by atoms with Crippen LogP contribution in [0.3, 0.4) is 0 Å². The van der Waals surface area contributed by atoms with Crippen molar-refractivity contribution < 1.29 is 19.4 Å². The van der Waals surface area contributed by atoms with Gasteiger partial charge in [-0.2, -0.15) is 0 Å². The highest BCUT2D eigenvalue weighted by atomic mass is 16.5. The van der Waals surface area contributed by atoms with Crippen molar-refractivity contribution in [2.75, 3.05) is 6.61 Å². The standard InChI is InChI=1S/C20H21NO4/c1-2-3-13-25-20(24)18(14-15-9-11-17(22)12-10-15)21-19(23)16-7-5-4-6-8-16/h4-12,14,22H,2-3,13H2,1H3,(H,21,23)/b18-14+. The van der Waals surface area contributed by atoms with Crippen molar-refractivity contribution in [2.24, 2.45) is 0 Å². The fourth-order valence-corrected chi connectivity index (χ4v) is 2.05. The van der Waals surface area contributed by atoms with E-state index >= 15 is 0 Å². The van der Waals surface area contributed by atoms with E-state index in [4.69, 9.17) is 4.74 Å². The molecule has 2 N–H and O–H groups in total. The van der Waals surface area contributed by atoms with Gasteiger partial charge in [0.2, 0.25) is 0 Å². The van der Waals surface area contributed by atoms with Crippen LogP contribution >= 0.6 is 0 Å². The highest BCUT2D eigenvalue weighted by Crippen LogP contribution is 2.13. The number of amides is 1. The Labute approximate surface area is 146 Å². The summed E-state index contributed by atoms with van der Waals surface area (Å²) in [6.45, 7) is 2.29. The van der Waals surface area contributed by atoms with E-state index in [1.165, 1.54) is 18.2 Å². The van der Waals surface area contributed by atoms with Gasteiger partial charge in [-0.25, -0.2) is 4.79 Å². The van der Waals surface area contributed by atoms with Crippen LogP contribution in [0.15, 0.2) is 60.3 Å². The van der Waals surface area contributed by atoms with E-state index in [9.17, 15) is 14.7 Å². The van der Waals surface area contributed by atoms with Crippen molar-refractivity contribution in [3.63, 3.8) is 0 Å². The Bertz CT molecular complexity index is 736. The molecular weight excluding hydrogens is 318 g/mol. The van der Waals surface area contributed by atoms with E-state index in [0.717, 1.165) is 12.8 Å². The first-order valence-electron chi connectivity index (χ1n) is 8.14. The number of phenols is 1. The number of ether oxygens (including phenoxy) is 1. The molecule has 0 saturated carbocycles. The molecule has 0 saturated heterocycles. The van der Waals surface area contributed by atoms with Gasteiger partial charge in [-0.05, 0) is 42.3 Å². The Balaban J connectivity index is 2.20. The van der Waals surface area contributed by atoms with Crippen LogP contribution in [-0.2, 0) is 9.53 Å². The second-order valence-electron chi connectivity index (χ2n) is 5.46. The zero-order valence-electron chi connectivity index (χ0n) is 14.1. The number of unbranched alkanes of at least 4 members (excludes halogenated alkanes) is 1. The van der Waals surface area contributed by atoms with Crippen molar-refractivity contribution in [1.82, 2.24) is 5.32 Å². The SMILES string of the molecule is CCCCOC(=O)/C(=C\c1ccc(O)cc1)NC(=O)c1ccccc1. The summed E-state index contributed by atoms with van der Waals surface area (Å²) in [6.07, 6.45) is 3.18. The molecule has 0 heterocycles. The third-order valence-corrected chi connectivity index (χ3v) is 3.44. The molecule has 130 valence electrons. The molecule has 0 aliphatic heterocycles. The van der Waals surface area contributed by atoms with E-state index < -0.39 is 11.9 Å². The zero-order chi connectivity index (χ0) is 18.1. The van der Waals surface area contributed by atoms with Gasteiger partial charge in [0.05, 0.1) is 6.61 Å². The Morgan fingerprint density at radius 2 is 1.76 bits per heavy atom. The number of esters is 1. The normalized spacial score (nSPS) is 11.0. The van der Waals surface area contributed by atoms with E-state index in [0.29, 0.717) is 17.7 Å². The number of hydrogen-bond donors (Lipinski definition) is 2. The number of carbonyl (C=O) groups is 2. The van der Waals surface area contributed by atoms with Gasteiger partial charge in [-0.15, -0.1) is 0 Å². The lowest BCUT2D eigenvalue weighted by molar-refractivity contribution is -0.139. The molecule has 1 amide bonds. The molecule has 0 aliphatic rings. The molecule has 0 aliphatic carbocycles. The predicted octanol–water partition coefficient (Wildman–Crippen LogP) is 3.51. The third-order valence-electron chi connectivity index (χ3n) is 3.44. The number of carbonyl (C=O) groups excluding carboxylic acids is 2. The van der Waals surface area contributed by atoms with E-state index in [-0.39, 0.29) is 11.4 Å². The summed E-state index contributed by atoms with van der Waals surface area (Å²) < 4.78 is 5.21. The van der Waals surface area contributed by atoms with Gasteiger partial charge >= 0.3 is 5.97 Å². The molecule has 2 aromatic carbocycles. The molecule has 0 fully saturated rings. The highest BCUT2D eigenvalue weighted by Gasteiger charge is 2.15. The molecule has 0 atom stereocenters. The first kappa shape index (κ1) is 18.3. The van der Waals surface area contributed by atoms with Gasteiger partial charge in [0, 0.05) is 5.56 Å². The number of benzene rings is 2. The van der Waals surface area contributed by atoms with Crippen LogP contribution in [0.25, 0.3) is 6.08 Å². The van der Waals surface area contributed by atoms with Crippen LogP contribution in [0.1, 0.15) is 35.7 Å². The number of aromatic hydroxyl groups is 1. The number of hydrogen-bond acceptors (Lipinski definition) is 4. The Hall–Kier alpha value is -3.08. The number of nitrogens with one attached hydrogen (secondary N) is 1. The van der Waals surface area contributed by atoms with E-state index in [1.807, 2.05) is 13.0 Å². The maximum Gasteiger partial charge on any atom is 0.354 e. The minimum Gasteiger partial charge on any atom is -0.508 e. The Kier molecular flexibility index (Phi) is 6.77. The van der Waals surface area contributed by atoms with Gasteiger partial charge in [0.15, 0.2) is 0 Å². The van der Waals surface area contributed by atoms with Crippen molar-refractivity contribution in [3.8, 4) is 5.75 Å². The van der Waals surface area contributed by atoms with E-state index in [1.54, 1.807) is 36.4 Å². The van der Waals surface area contributed by atoms with Crippen molar-refractivity contribution >= 4 is 18.0 Å². The molecule has 25 heavy (non-hydrogen) atoms. The molecule has 0 bridgehead atoms. The topological polar surface area (TPSA) is 75.6 Å². The van der Waals surface area contributed by atoms with Gasteiger partial charge in [0.25, 0.3) is 5.91 Å². The maximum absolute atomic E-state index is 12.3. The second kappa shape index (κ2) is 9.27. The van der Waals surface area contributed by atoms with Gasteiger partial charge in [-0.1, -0.05) is 43.7 Å². The second-order valence-corrected chi connectivity index (χ2v) is 5.46. The lowest BCUT2D eigenvalue weighted by Crippen LogP contribution is -2.28. The van der Waals surface area contributed by atoms with Crippen molar-refractivity contribution in [2.45, 2.75) is 19.8 Å². The van der Waals surface area contributed by atoms with E-state index in [2.05, 4.69) is 5.32 Å². The molecule has 0 unspecified atom stereocenters. The van der Waals surface area contributed by atoms with Gasteiger partial charge in [-0.3, -0.25) is 4.79 Å². The number of phenolic OH excluding ortho intramolecular Hbond substituents is 1. The average molecular weight is 339 g/mol. The maximum atomic E-state index is 12.3. The van der Waals surface area contributed by atoms with Crippen LogP contribution in [-0.4, -0.2) is 23.6 Å². The fourth-order valence-electron chi connectivity index (χ4n) is 2.05. The first-order chi connectivity index (χ1) is 12.1. The third kappa shape index (κ3) is 5.80. The molecular formula is C20H21NO4. The molecule has 2 aromatic rings. The summed E-state index contributed by atoms with van der Waals surface area (Å²) in [5.41, 5.74) is 1.16. The lowest BCUT2D eigenvalue weighted by atomic mass is 10.1. The monoisotopic (exact) mass is 339 g/mol. The van der Waals surface area contributed by atoms with Crippen LogP contribution in [0.5, 0.6) is 5.75 Å². The lowest BCUT2D eigenvalue weighted by Gasteiger charge is -2.10. The summed E-state index contributed by atoms with van der Waals surface area (Å²) in [7, 11) is 0. The molecule has 5 nitrogen and oxygen atoms in total. The predicted molar refractivity (Wildman–Crippen MR) is 95.9 cm³/mol. The smallest absolute Gasteiger partial charge is 0.354 e. The number of rotatable bonds is 7. The van der Waals surface area contributed by atoms with Gasteiger partial charge < -0.3 is 15.2 Å². The molecule has 2 rings (SSSR count). The summed E-state index contributed by atoms with van der Waals surface area (Å²) in [5.74, 6) is -0.860. The van der Waals surface area contributed by atoms with Crippen molar-refractivity contribution in [1.29, 1.82) is 0 Å². The minimum absolute atomic E-state index is 0.0515. The van der Waals surface area contributed by atoms with Crippen LogP contribution in [0, 0.1) is 0 Å². The largest absolute Gasteiger partial charge is 0.508 e.